The number of hydrazone groups is 1. The Kier molecular flexibility index (Phi) is 5.61. The number of nitrogens with zero attached hydrogens (tertiary/aromatic N) is 3. The van der Waals surface area contributed by atoms with Crippen molar-refractivity contribution in [2.24, 2.45) is 22.8 Å². The smallest absolute Gasteiger partial charge is 0.337 e. The van der Waals surface area contributed by atoms with Crippen molar-refractivity contribution < 1.29 is 18.0 Å². The van der Waals surface area contributed by atoms with Crippen LogP contribution in [-0.2, 0) is 11.0 Å². The number of likely N-dealkylation sites (N-methyl/N-ethyl adjacent to an activating group) is 1. The molecule has 3 aliphatic rings. The highest BCUT2D eigenvalue weighted by Crippen LogP contribution is 2.48. The van der Waals surface area contributed by atoms with Crippen molar-refractivity contribution in [1.82, 2.24) is 9.80 Å². The summed E-state index contributed by atoms with van der Waals surface area (Å²) in [6.45, 7) is 2.72. The average molecular weight is 420 g/mol. The zero-order valence-electron chi connectivity index (χ0n) is 17.0. The molecular weight excluding hydrogens is 393 g/mol. The van der Waals surface area contributed by atoms with Gasteiger partial charge in [0.2, 0.25) is 0 Å². The third-order valence-corrected chi connectivity index (χ3v) is 6.79. The number of carbonyl (C=O) groups excluding carboxylic acids is 1. The molecule has 0 aromatic heterocycles. The van der Waals surface area contributed by atoms with Crippen molar-refractivity contribution in [3.63, 3.8) is 0 Å². The van der Waals surface area contributed by atoms with Gasteiger partial charge in [0.05, 0.1) is 5.56 Å². The summed E-state index contributed by atoms with van der Waals surface area (Å²) in [5, 5.41) is 3.79. The van der Waals surface area contributed by atoms with Gasteiger partial charge in [-0.2, -0.15) is 18.3 Å². The van der Waals surface area contributed by atoms with Gasteiger partial charge in [0.1, 0.15) is 0 Å². The molecule has 2 unspecified atom stereocenters. The zero-order chi connectivity index (χ0) is 21.5. The first-order chi connectivity index (χ1) is 14.3. The van der Waals surface area contributed by atoms with E-state index in [1.54, 1.807) is 17.0 Å². The van der Waals surface area contributed by atoms with Crippen LogP contribution in [0.25, 0.3) is 0 Å². The van der Waals surface area contributed by atoms with E-state index in [1.807, 2.05) is 13.1 Å². The fourth-order valence-corrected chi connectivity index (χ4v) is 5.24. The lowest BCUT2D eigenvalue weighted by molar-refractivity contribution is -0.138. The molecule has 2 fully saturated rings. The van der Waals surface area contributed by atoms with Crippen molar-refractivity contribution in [2.75, 3.05) is 33.2 Å². The van der Waals surface area contributed by atoms with Crippen LogP contribution in [0, 0.1) is 11.8 Å². The summed E-state index contributed by atoms with van der Waals surface area (Å²) < 4.78 is 40.2. The zero-order valence-corrected chi connectivity index (χ0v) is 17.0. The maximum atomic E-state index is 13.4. The van der Waals surface area contributed by atoms with E-state index in [9.17, 15) is 18.0 Å². The minimum atomic E-state index is -4.34. The van der Waals surface area contributed by atoms with Crippen LogP contribution in [0.4, 0.5) is 13.2 Å². The third-order valence-electron chi connectivity index (χ3n) is 6.79. The van der Waals surface area contributed by atoms with E-state index in [0.29, 0.717) is 37.2 Å². The quantitative estimate of drug-likeness (QED) is 0.464. The molecule has 5 nitrogen and oxygen atoms in total. The van der Waals surface area contributed by atoms with Gasteiger partial charge in [0.25, 0.3) is 5.91 Å². The first-order valence-electron chi connectivity index (χ1n) is 10.4. The molecule has 1 saturated heterocycles. The average Bonchev–Trinajstić information content (AvgIpc) is 3.28. The molecule has 0 spiro atoms. The van der Waals surface area contributed by atoms with E-state index >= 15 is 0 Å². The number of amides is 1. The molecule has 0 bridgehead atoms. The van der Waals surface area contributed by atoms with Gasteiger partial charge in [-0.1, -0.05) is 24.3 Å². The Morgan fingerprint density at radius 2 is 1.83 bits per heavy atom. The van der Waals surface area contributed by atoms with Gasteiger partial charge in [-0.3, -0.25) is 4.79 Å². The number of fused-ring (bicyclic) bond motifs is 1. The molecular formula is C22H27F3N4O. The van der Waals surface area contributed by atoms with Crippen LogP contribution in [0.2, 0.25) is 0 Å². The maximum absolute atomic E-state index is 13.4. The van der Waals surface area contributed by atoms with E-state index in [2.05, 4.69) is 10.0 Å². The Morgan fingerprint density at radius 3 is 2.40 bits per heavy atom. The lowest BCUT2D eigenvalue weighted by Crippen LogP contribution is -2.38. The second-order valence-electron chi connectivity index (χ2n) is 8.70. The molecule has 2 N–H and O–H groups in total. The maximum Gasteiger partial charge on any atom is 0.416 e. The molecule has 1 aromatic rings. The van der Waals surface area contributed by atoms with Gasteiger partial charge in [-0.15, -0.1) is 0 Å². The fourth-order valence-electron chi connectivity index (χ4n) is 5.24. The van der Waals surface area contributed by atoms with Crippen LogP contribution in [0.1, 0.15) is 36.3 Å². The van der Waals surface area contributed by atoms with Gasteiger partial charge in [0, 0.05) is 26.2 Å². The molecule has 1 aliphatic carbocycles. The predicted molar refractivity (Wildman–Crippen MR) is 109 cm³/mol. The van der Waals surface area contributed by atoms with Gasteiger partial charge in [-0.25, -0.2) is 0 Å². The van der Waals surface area contributed by atoms with Crippen molar-refractivity contribution in [3.8, 4) is 0 Å². The highest BCUT2D eigenvalue weighted by molar-refractivity contribution is 6.45. The summed E-state index contributed by atoms with van der Waals surface area (Å²) >= 11 is 0. The van der Waals surface area contributed by atoms with Crippen LogP contribution in [-0.4, -0.2) is 54.6 Å². The second kappa shape index (κ2) is 8.06. The van der Waals surface area contributed by atoms with Crippen molar-refractivity contribution >= 4 is 11.6 Å². The van der Waals surface area contributed by atoms with Gasteiger partial charge >= 0.3 is 6.18 Å². The Bertz CT molecular complexity index is 865. The number of halogens is 3. The largest absolute Gasteiger partial charge is 0.416 e. The molecule has 1 aromatic carbocycles. The highest BCUT2D eigenvalue weighted by atomic mass is 19.4. The van der Waals surface area contributed by atoms with Crippen LogP contribution >= 0.6 is 0 Å². The molecule has 4 rings (SSSR count). The summed E-state index contributed by atoms with van der Waals surface area (Å²) in [6.07, 6.45) is -0.276. The van der Waals surface area contributed by atoms with Crippen LogP contribution in [0.5, 0.6) is 0 Å². The number of benzene rings is 1. The SMILES string of the molecule is CN1CC=C(C(=NN)C(=O)N2CC3CC(c4ccccc4C(F)(F)F)C[C@H]3C2)CC1. The molecule has 2 heterocycles. The summed E-state index contributed by atoms with van der Waals surface area (Å²) in [5.74, 6) is 5.71. The van der Waals surface area contributed by atoms with Gasteiger partial charge < -0.3 is 15.6 Å². The molecule has 0 radical (unpaired) electrons. The second-order valence-corrected chi connectivity index (χ2v) is 8.70. The lowest BCUT2D eigenvalue weighted by atomic mass is 9.91. The minimum Gasteiger partial charge on any atom is -0.337 e. The molecule has 1 amide bonds. The van der Waals surface area contributed by atoms with Gasteiger partial charge in [0.15, 0.2) is 5.71 Å². The normalized spacial score (nSPS) is 27.9. The van der Waals surface area contributed by atoms with Gasteiger partial charge in [-0.05, 0) is 61.3 Å². The van der Waals surface area contributed by atoms with E-state index in [0.717, 1.165) is 25.1 Å². The van der Waals surface area contributed by atoms with Crippen LogP contribution < -0.4 is 5.84 Å². The van der Waals surface area contributed by atoms with E-state index in [4.69, 9.17) is 5.84 Å². The Balaban J connectivity index is 1.43. The number of rotatable bonds is 3. The number of alkyl halides is 3. The topological polar surface area (TPSA) is 61.9 Å². The Hall–Kier alpha value is -2.35. The summed E-state index contributed by atoms with van der Waals surface area (Å²) in [7, 11) is 2.02. The van der Waals surface area contributed by atoms with E-state index in [-0.39, 0.29) is 23.7 Å². The van der Waals surface area contributed by atoms with Crippen molar-refractivity contribution in [3.05, 3.63) is 47.0 Å². The third kappa shape index (κ3) is 3.97. The molecule has 3 atom stereocenters. The standard InChI is InChI=1S/C22H27F3N4O/c1-28-8-6-14(7-9-28)20(27-26)21(30)29-12-16-10-15(11-17(16)13-29)18-4-2-3-5-19(18)22(23,24)25/h2-6,15-17H,7-13,26H2,1H3/t15?,16-,17?/m0/s1. The highest BCUT2D eigenvalue weighted by Gasteiger charge is 2.45. The summed E-state index contributed by atoms with van der Waals surface area (Å²) in [5.41, 5.74) is 1.06. The monoisotopic (exact) mass is 420 g/mol. The number of nitrogens with two attached hydrogens (primary N) is 1. The Labute approximate surface area is 174 Å². The van der Waals surface area contributed by atoms with Crippen molar-refractivity contribution in [1.29, 1.82) is 0 Å². The molecule has 1 saturated carbocycles. The minimum absolute atomic E-state index is 0.116. The molecule has 30 heavy (non-hydrogen) atoms. The van der Waals surface area contributed by atoms with E-state index in [1.165, 1.54) is 12.1 Å². The molecule has 2 aliphatic heterocycles. The summed E-state index contributed by atoms with van der Waals surface area (Å²) in [4.78, 5) is 17.0. The molecule has 162 valence electrons. The number of hydrogen-bond acceptors (Lipinski definition) is 4. The van der Waals surface area contributed by atoms with E-state index < -0.39 is 11.7 Å². The summed E-state index contributed by atoms with van der Waals surface area (Å²) in [6, 6.07) is 5.88. The number of likely N-dealkylation sites (tertiary alicyclic amines) is 1. The molecule has 8 heteroatoms. The van der Waals surface area contributed by atoms with Crippen LogP contribution in [0.3, 0.4) is 0 Å². The number of carbonyl (C=O) groups is 1. The predicted octanol–water partition coefficient (Wildman–Crippen LogP) is 3.23. The number of hydrogen-bond donors (Lipinski definition) is 1. The first kappa shape index (κ1) is 20.9. The lowest BCUT2D eigenvalue weighted by Gasteiger charge is -2.25. The fraction of sp³-hybridized carbons (Fsp3) is 0.545. The Morgan fingerprint density at radius 1 is 1.17 bits per heavy atom. The van der Waals surface area contributed by atoms with Crippen molar-refractivity contribution in [2.45, 2.75) is 31.4 Å². The van der Waals surface area contributed by atoms with Crippen LogP contribution in [0.15, 0.2) is 41.0 Å². The first-order valence-corrected chi connectivity index (χ1v) is 10.4.